The Morgan fingerprint density at radius 2 is 1.29 bits per heavy atom. The van der Waals surface area contributed by atoms with Crippen LogP contribution in [0.4, 0.5) is 0 Å². The van der Waals surface area contributed by atoms with Gasteiger partial charge < -0.3 is 0 Å². The third-order valence-electron chi connectivity index (χ3n) is 5.21. The second kappa shape index (κ2) is 8.14. The van der Waals surface area contributed by atoms with Crippen LogP contribution in [0.5, 0.6) is 0 Å². The molecule has 2 atom stereocenters. The third-order valence-corrected chi connectivity index (χ3v) is 9.31. The minimum absolute atomic E-state index is 0.118. The van der Waals surface area contributed by atoms with E-state index >= 15 is 0 Å². The molecule has 0 N–H and O–H groups in total. The summed E-state index contributed by atoms with van der Waals surface area (Å²) in [7, 11) is -7.20. The lowest BCUT2D eigenvalue weighted by atomic mass is 10.0. The number of aryl methyl sites for hydroxylation is 2. The molecule has 8 heteroatoms. The third kappa shape index (κ3) is 4.43. The standard InChI is InChI=1S/C20H24ClNO4S2/c1-15-3-7-19(8-4-15)27(23,24)14-18-13-22(12-17(18)11-21)28(25,26)20-9-5-16(2)6-10-20/h3-10,17-18H,11-14H2,1-2H3. The summed E-state index contributed by atoms with van der Waals surface area (Å²) in [5.74, 6) is -0.451. The van der Waals surface area contributed by atoms with Gasteiger partial charge in [-0.3, -0.25) is 0 Å². The van der Waals surface area contributed by atoms with Crippen molar-refractivity contribution in [1.29, 1.82) is 0 Å². The number of nitrogens with zero attached hydrogens (tertiary/aromatic N) is 1. The van der Waals surface area contributed by atoms with Crippen LogP contribution in [0, 0.1) is 25.7 Å². The molecule has 3 rings (SSSR count). The number of hydrogen-bond acceptors (Lipinski definition) is 4. The van der Waals surface area contributed by atoms with Gasteiger partial charge >= 0.3 is 0 Å². The molecule has 1 aliphatic heterocycles. The number of rotatable bonds is 6. The minimum atomic E-state index is -3.68. The zero-order valence-corrected chi connectivity index (χ0v) is 18.3. The van der Waals surface area contributed by atoms with Gasteiger partial charge in [-0.15, -0.1) is 11.6 Å². The molecule has 0 spiro atoms. The number of alkyl halides is 1. The van der Waals surface area contributed by atoms with E-state index in [0.29, 0.717) is 0 Å². The minimum Gasteiger partial charge on any atom is -0.224 e. The molecule has 2 aromatic rings. The van der Waals surface area contributed by atoms with Gasteiger partial charge in [-0.25, -0.2) is 16.8 Å². The molecule has 0 amide bonds. The first-order valence-corrected chi connectivity index (χ1v) is 12.7. The van der Waals surface area contributed by atoms with Crippen molar-refractivity contribution < 1.29 is 16.8 Å². The Balaban J connectivity index is 1.81. The van der Waals surface area contributed by atoms with Crippen LogP contribution in [0.2, 0.25) is 0 Å². The highest BCUT2D eigenvalue weighted by Crippen LogP contribution is 2.32. The van der Waals surface area contributed by atoms with Gasteiger partial charge in [0.25, 0.3) is 0 Å². The predicted octanol–water partition coefficient (Wildman–Crippen LogP) is 3.25. The van der Waals surface area contributed by atoms with Gasteiger partial charge in [0.1, 0.15) is 0 Å². The van der Waals surface area contributed by atoms with Crippen LogP contribution in [0.1, 0.15) is 11.1 Å². The fraction of sp³-hybridized carbons (Fsp3) is 0.400. The summed E-state index contributed by atoms with van der Waals surface area (Å²) in [6, 6.07) is 13.4. The number of halogens is 1. The molecule has 1 saturated heterocycles. The van der Waals surface area contributed by atoms with Crippen LogP contribution in [-0.4, -0.2) is 45.9 Å². The van der Waals surface area contributed by atoms with Gasteiger partial charge in [-0.1, -0.05) is 35.4 Å². The van der Waals surface area contributed by atoms with Gasteiger partial charge in [0.15, 0.2) is 9.84 Å². The average molecular weight is 442 g/mol. The van der Waals surface area contributed by atoms with Crippen molar-refractivity contribution in [2.45, 2.75) is 23.6 Å². The van der Waals surface area contributed by atoms with E-state index in [-0.39, 0.29) is 46.3 Å². The largest absolute Gasteiger partial charge is 0.243 e. The molecule has 0 bridgehead atoms. The first kappa shape index (κ1) is 21.3. The van der Waals surface area contributed by atoms with E-state index in [0.717, 1.165) is 11.1 Å². The van der Waals surface area contributed by atoms with Gasteiger partial charge in [-0.05, 0) is 49.9 Å². The average Bonchev–Trinajstić information content (AvgIpc) is 3.05. The highest BCUT2D eigenvalue weighted by atomic mass is 35.5. The second-order valence-corrected chi connectivity index (χ2v) is 11.7. The molecule has 152 valence electrons. The summed E-state index contributed by atoms with van der Waals surface area (Å²) < 4.78 is 52.9. The van der Waals surface area contributed by atoms with Crippen molar-refractivity contribution in [2.24, 2.45) is 11.8 Å². The van der Waals surface area contributed by atoms with Crippen molar-refractivity contribution in [3.8, 4) is 0 Å². The Kier molecular flexibility index (Phi) is 6.20. The molecule has 2 aromatic carbocycles. The summed E-state index contributed by atoms with van der Waals surface area (Å²) in [5, 5.41) is 0. The molecule has 1 heterocycles. The smallest absolute Gasteiger partial charge is 0.224 e. The number of hydrogen-bond donors (Lipinski definition) is 0. The van der Waals surface area contributed by atoms with Crippen LogP contribution in [0.15, 0.2) is 58.3 Å². The van der Waals surface area contributed by atoms with Crippen LogP contribution in [0.3, 0.4) is 0 Å². The van der Waals surface area contributed by atoms with Gasteiger partial charge in [0.2, 0.25) is 10.0 Å². The monoisotopic (exact) mass is 441 g/mol. The van der Waals surface area contributed by atoms with E-state index in [1.807, 2.05) is 13.8 Å². The first-order chi connectivity index (χ1) is 13.1. The van der Waals surface area contributed by atoms with E-state index in [1.165, 1.54) is 4.31 Å². The van der Waals surface area contributed by atoms with Crippen LogP contribution in [0.25, 0.3) is 0 Å². The van der Waals surface area contributed by atoms with Crippen LogP contribution >= 0.6 is 11.6 Å². The SMILES string of the molecule is Cc1ccc(S(=O)(=O)CC2CN(S(=O)(=O)c3ccc(C)cc3)CC2CCl)cc1. The lowest BCUT2D eigenvalue weighted by Crippen LogP contribution is -2.30. The molecule has 1 fully saturated rings. The molecule has 0 saturated carbocycles. The normalized spacial score (nSPS) is 21.1. The van der Waals surface area contributed by atoms with E-state index in [2.05, 4.69) is 0 Å². The van der Waals surface area contributed by atoms with Crippen molar-refractivity contribution in [3.05, 3.63) is 59.7 Å². The van der Waals surface area contributed by atoms with Gasteiger partial charge in [-0.2, -0.15) is 4.31 Å². The Morgan fingerprint density at radius 3 is 1.79 bits per heavy atom. The molecular weight excluding hydrogens is 418 g/mol. The fourth-order valence-corrected chi connectivity index (χ4v) is 7.03. The topological polar surface area (TPSA) is 71.5 Å². The summed E-state index contributed by atoms with van der Waals surface area (Å²) >= 11 is 6.06. The van der Waals surface area contributed by atoms with Crippen molar-refractivity contribution in [3.63, 3.8) is 0 Å². The Morgan fingerprint density at radius 1 is 0.821 bits per heavy atom. The quantitative estimate of drug-likeness (QED) is 0.645. The zero-order valence-electron chi connectivity index (χ0n) is 15.9. The van der Waals surface area contributed by atoms with Crippen LogP contribution < -0.4 is 0 Å². The number of sulfone groups is 1. The summed E-state index contributed by atoms with van der Waals surface area (Å²) in [4.78, 5) is 0.472. The molecule has 5 nitrogen and oxygen atoms in total. The predicted molar refractivity (Wildman–Crippen MR) is 111 cm³/mol. The maximum absolute atomic E-state index is 13.0. The zero-order chi connectivity index (χ0) is 20.5. The van der Waals surface area contributed by atoms with E-state index in [9.17, 15) is 16.8 Å². The second-order valence-electron chi connectivity index (χ2n) is 7.40. The lowest BCUT2D eigenvalue weighted by molar-refractivity contribution is 0.463. The Labute approximate surface area is 172 Å². The van der Waals surface area contributed by atoms with Crippen molar-refractivity contribution in [1.82, 2.24) is 4.31 Å². The van der Waals surface area contributed by atoms with E-state index in [4.69, 9.17) is 11.6 Å². The Hall–Kier alpha value is -1.41. The lowest BCUT2D eigenvalue weighted by Gasteiger charge is -2.17. The highest BCUT2D eigenvalue weighted by molar-refractivity contribution is 7.91. The fourth-order valence-electron chi connectivity index (χ4n) is 3.44. The van der Waals surface area contributed by atoms with Crippen molar-refractivity contribution in [2.75, 3.05) is 24.7 Å². The molecule has 1 aliphatic rings. The van der Waals surface area contributed by atoms with Gasteiger partial charge in [0, 0.05) is 19.0 Å². The maximum atomic E-state index is 13.0. The van der Waals surface area contributed by atoms with Crippen LogP contribution in [-0.2, 0) is 19.9 Å². The summed E-state index contributed by atoms with van der Waals surface area (Å²) in [5.41, 5.74) is 1.95. The van der Waals surface area contributed by atoms with Crippen molar-refractivity contribution >= 4 is 31.5 Å². The number of sulfonamides is 1. The molecule has 0 radical (unpaired) electrons. The Bertz CT molecular complexity index is 1030. The molecule has 0 aliphatic carbocycles. The maximum Gasteiger partial charge on any atom is 0.243 e. The molecular formula is C20H24ClNO4S2. The van der Waals surface area contributed by atoms with E-state index in [1.54, 1.807) is 48.5 Å². The van der Waals surface area contributed by atoms with Gasteiger partial charge in [0.05, 0.1) is 15.5 Å². The first-order valence-electron chi connectivity index (χ1n) is 9.05. The summed E-state index contributed by atoms with van der Waals surface area (Å²) in [6.07, 6.45) is 0. The highest BCUT2D eigenvalue weighted by Gasteiger charge is 2.41. The molecule has 0 aromatic heterocycles. The van der Waals surface area contributed by atoms with E-state index < -0.39 is 19.9 Å². The summed E-state index contributed by atoms with van der Waals surface area (Å²) in [6.45, 7) is 4.17. The number of benzene rings is 2. The molecule has 2 unspecified atom stereocenters. The molecule has 28 heavy (non-hydrogen) atoms.